The van der Waals surface area contributed by atoms with E-state index in [0.717, 1.165) is 0 Å². The highest BCUT2D eigenvalue weighted by molar-refractivity contribution is 7.87. The van der Waals surface area contributed by atoms with E-state index in [2.05, 4.69) is 0 Å². The molecule has 0 spiro atoms. The Bertz CT molecular complexity index is 502. The third-order valence-corrected chi connectivity index (χ3v) is 2.76. The molecule has 0 unspecified atom stereocenters. The van der Waals surface area contributed by atoms with Crippen molar-refractivity contribution in [3.05, 3.63) is 12.2 Å². The minimum Gasteiger partial charge on any atom is -0.463 e. The first-order valence-electron chi connectivity index (χ1n) is 5.62. The second kappa shape index (κ2) is 6.79. The van der Waals surface area contributed by atoms with Crippen LogP contribution in [0.25, 0.3) is 0 Å². The molecule has 0 aromatic carbocycles. The lowest BCUT2D eigenvalue weighted by Gasteiger charge is -2.31. The SMILES string of the molecule is CC(=O)OC[C@H]1O[C@H](NS(N)(=O)=O)C=C[C@H]1OC(C)=O. The van der Waals surface area contributed by atoms with E-state index in [9.17, 15) is 18.0 Å². The average molecular weight is 308 g/mol. The molecule has 0 aromatic rings. The number of nitrogens with one attached hydrogen (secondary N) is 1. The molecular weight excluding hydrogens is 292 g/mol. The highest BCUT2D eigenvalue weighted by Crippen LogP contribution is 2.16. The molecule has 9 nitrogen and oxygen atoms in total. The quantitative estimate of drug-likeness (QED) is 0.469. The second-order valence-electron chi connectivity index (χ2n) is 4.02. The second-order valence-corrected chi connectivity index (χ2v) is 5.35. The Morgan fingerprint density at radius 1 is 1.30 bits per heavy atom. The van der Waals surface area contributed by atoms with Gasteiger partial charge in [-0.15, -0.1) is 0 Å². The lowest BCUT2D eigenvalue weighted by molar-refractivity contribution is -0.163. The summed E-state index contributed by atoms with van der Waals surface area (Å²) in [5.41, 5.74) is 0. The van der Waals surface area contributed by atoms with Crippen LogP contribution in [0.3, 0.4) is 0 Å². The summed E-state index contributed by atoms with van der Waals surface area (Å²) in [4.78, 5) is 21.7. The molecule has 1 rings (SSSR count). The first-order valence-corrected chi connectivity index (χ1v) is 7.16. The fourth-order valence-electron chi connectivity index (χ4n) is 1.51. The van der Waals surface area contributed by atoms with E-state index >= 15 is 0 Å². The summed E-state index contributed by atoms with van der Waals surface area (Å²) in [7, 11) is -3.96. The van der Waals surface area contributed by atoms with Gasteiger partial charge >= 0.3 is 11.9 Å². The minimum atomic E-state index is -3.96. The topological polar surface area (TPSA) is 134 Å². The zero-order valence-corrected chi connectivity index (χ0v) is 11.8. The smallest absolute Gasteiger partial charge is 0.303 e. The van der Waals surface area contributed by atoms with E-state index in [0.29, 0.717) is 0 Å². The molecule has 1 heterocycles. The molecule has 0 aromatic heterocycles. The van der Waals surface area contributed by atoms with Crippen LogP contribution in [0.15, 0.2) is 12.2 Å². The van der Waals surface area contributed by atoms with E-state index in [-0.39, 0.29) is 6.61 Å². The van der Waals surface area contributed by atoms with E-state index in [1.54, 1.807) is 0 Å². The van der Waals surface area contributed by atoms with Crippen molar-refractivity contribution in [3.63, 3.8) is 0 Å². The number of ether oxygens (including phenoxy) is 3. The van der Waals surface area contributed by atoms with Gasteiger partial charge in [0.1, 0.15) is 25.0 Å². The van der Waals surface area contributed by atoms with Crippen LogP contribution < -0.4 is 9.86 Å². The van der Waals surface area contributed by atoms with E-state index in [1.807, 2.05) is 4.72 Å². The maximum absolute atomic E-state index is 11.0. The fourth-order valence-corrected chi connectivity index (χ4v) is 1.97. The number of rotatable bonds is 5. The zero-order valence-electron chi connectivity index (χ0n) is 10.9. The molecule has 1 aliphatic rings. The van der Waals surface area contributed by atoms with Crippen LogP contribution >= 0.6 is 0 Å². The summed E-state index contributed by atoms with van der Waals surface area (Å²) in [6.07, 6.45) is 0.110. The molecule has 3 atom stereocenters. The van der Waals surface area contributed by atoms with Crippen molar-refractivity contribution in [2.24, 2.45) is 5.14 Å². The lowest BCUT2D eigenvalue weighted by atomic mass is 10.1. The summed E-state index contributed by atoms with van der Waals surface area (Å²) >= 11 is 0. The molecule has 10 heteroatoms. The largest absolute Gasteiger partial charge is 0.463 e. The molecule has 0 radical (unpaired) electrons. The van der Waals surface area contributed by atoms with Crippen LogP contribution in [-0.4, -0.2) is 45.4 Å². The van der Waals surface area contributed by atoms with Crippen molar-refractivity contribution in [3.8, 4) is 0 Å². The number of hydrogen-bond acceptors (Lipinski definition) is 7. The number of hydrogen-bond donors (Lipinski definition) is 2. The maximum atomic E-state index is 11.0. The number of nitrogens with two attached hydrogens (primary N) is 1. The predicted octanol–water partition coefficient (Wildman–Crippen LogP) is -1.44. The van der Waals surface area contributed by atoms with Crippen molar-refractivity contribution in [2.45, 2.75) is 32.3 Å². The average Bonchev–Trinajstić information content (AvgIpc) is 2.26. The third-order valence-electron chi connectivity index (χ3n) is 2.20. The Kier molecular flexibility index (Phi) is 5.62. The van der Waals surface area contributed by atoms with Gasteiger partial charge in [0.2, 0.25) is 0 Å². The Balaban J connectivity index is 2.76. The number of carbonyl (C=O) groups excluding carboxylic acids is 2. The van der Waals surface area contributed by atoms with Gasteiger partial charge in [0.25, 0.3) is 10.2 Å². The van der Waals surface area contributed by atoms with E-state index in [4.69, 9.17) is 19.3 Å². The molecule has 0 fully saturated rings. The number of carbonyl (C=O) groups is 2. The Hall–Kier alpha value is -1.49. The molecule has 0 saturated heterocycles. The van der Waals surface area contributed by atoms with Gasteiger partial charge in [-0.25, -0.2) is 5.14 Å². The Morgan fingerprint density at radius 2 is 1.95 bits per heavy atom. The molecule has 1 aliphatic heterocycles. The van der Waals surface area contributed by atoms with Gasteiger partial charge in [0, 0.05) is 13.8 Å². The molecule has 0 saturated carbocycles. The molecular formula is C10H16N2O7S. The molecule has 114 valence electrons. The first kappa shape index (κ1) is 16.6. The monoisotopic (exact) mass is 308 g/mol. The summed E-state index contributed by atoms with van der Waals surface area (Å²) in [5.74, 6) is -1.09. The predicted molar refractivity (Wildman–Crippen MR) is 66.2 cm³/mol. The zero-order chi connectivity index (χ0) is 15.3. The third kappa shape index (κ3) is 6.10. The van der Waals surface area contributed by atoms with Crippen LogP contribution in [0.2, 0.25) is 0 Å². The van der Waals surface area contributed by atoms with E-state index < -0.39 is 40.6 Å². The van der Waals surface area contributed by atoms with E-state index in [1.165, 1.54) is 26.0 Å². The van der Waals surface area contributed by atoms with Crippen LogP contribution in [0.4, 0.5) is 0 Å². The van der Waals surface area contributed by atoms with Crippen molar-refractivity contribution >= 4 is 22.1 Å². The van der Waals surface area contributed by atoms with Crippen molar-refractivity contribution < 1.29 is 32.2 Å². The first-order chi connectivity index (χ1) is 9.17. The van der Waals surface area contributed by atoms with Gasteiger partial charge in [-0.3, -0.25) is 9.59 Å². The van der Waals surface area contributed by atoms with Gasteiger partial charge in [-0.2, -0.15) is 13.1 Å². The van der Waals surface area contributed by atoms with Crippen LogP contribution in [0.5, 0.6) is 0 Å². The molecule has 20 heavy (non-hydrogen) atoms. The molecule has 3 N–H and O–H groups in total. The Morgan fingerprint density at radius 3 is 2.45 bits per heavy atom. The van der Waals surface area contributed by atoms with Gasteiger partial charge in [-0.05, 0) is 12.2 Å². The van der Waals surface area contributed by atoms with Gasteiger partial charge in [0.05, 0.1) is 0 Å². The minimum absolute atomic E-state index is 0.194. The molecule has 0 amide bonds. The standard InChI is InChI=1S/C10H16N2O7S/c1-6(13)17-5-9-8(18-7(2)14)3-4-10(19-9)12-20(11,15)16/h3-4,8-10,12H,5H2,1-2H3,(H2,11,15,16)/t8-,9-,10+/m1/s1. The summed E-state index contributed by atoms with van der Waals surface area (Å²) < 4.78 is 38.9. The Labute approximate surface area is 116 Å². The maximum Gasteiger partial charge on any atom is 0.303 e. The highest BCUT2D eigenvalue weighted by Gasteiger charge is 2.31. The fraction of sp³-hybridized carbons (Fsp3) is 0.600. The van der Waals surface area contributed by atoms with Gasteiger partial charge < -0.3 is 14.2 Å². The summed E-state index contributed by atoms with van der Waals surface area (Å²) in [6.45, 7) is 2.23. The van der Waals surface area contributed by atoms with Crippen molar-refractivity contribution in [2.75, 3.05) is 6.61 Å². The van der Waals surface area contributed by atoms with Crippen LogP contribution in [0.1, 0.15) is 13.8 Å². The normalized spacial score (nSPS) is 26.1. The lowest BCUT2D eigenvalue weighted by Crippen LogP contribution is -2.48. The van der Waals surface area contributed by atoms with Crippen LogP contribution in [-0.2, 0) is 34.0 Å². The van der Waals surface area contributed by atoms with Crippen molar-refractivity contribution in [1.82, 2.24) is 4.72 Å². The van der Waals surface area contributed by atoms with Crippen molar-refractivity contribution in [1.29, 1.82) is 0 Å². The molecule has 0 aliphatic carbocycles. The van der Waals surface area contributed by atoms with Gasteiger partial charge in [0.15, 0.2) is 0 Å². The molecule has 0 bridgehead atoms. The summed E-state index contributed by atoms with van der Waals surface area (Å²) in [6, 6.07) is 0. The van der Waals surface area contributed by atoms with Crippen LogP contribution in [0, 0.1) is 0 Å². The highest BCUT2D eigenvalue weighted by atomic mass is 32.2. The number of esters is 2. The summed E-state index contributed by atoms with van der Waals surface area (Å²) in [5, 5.41) is 4.83. The van der Waals surface area contributed by atoms with Gasteiger partial charge in [-0.1, -0.05) is 0 Å².